The summed E-state index contributed by atoms with van der Waals surface area (Å²) < 4.78 is 2.34. The number of hydrogen-bond donors (Lipinski definition) is 2. The molecule has 0 aliphatic heterocycles. The van der Waals surface area contributed by atoms with Gasteiger partial charge in [-0.25, -0.2) is 9.78 Å². The van der Waals surface area contributed by atoms with Crippen molar-refractivity contribution in [3.63, 3.8) is 0 Å². The van der Waals surface area contributed by atoms with Crippen molar-refractivity contribution >= 4 is 28.6 Å². The van der Waals surface area contributed by atoms with Crippen molar-refractivity contribution in [2.45, 2.75) is 12.3 Å². The van der Waals surface area contributed by atoms with Gasteiger partial charge in [-0.3, -0.25) is 0 Å². The van der Waals surface area contributed by atoms with E-state index in [9.17, 15) is 15.1 Å². The van der Waals surface area contributed by atoms with E-state index in [-0.39, 0.29) is 5.56 Å². The van der Waals surface area contributed by atoms with Crippen molar-refractivity contribution in [1.82, 2.24) is 30.2 Å². The van der Waals surface area contributed by atoms with Gasteiger partial charge in [0.05, 0.1) is 22.3 Å². The third-order valence-electron chi connectivity index (χ3n) is 6.53. The first-order valence-electron chi connectivity index (χ1n) is 12.0. The Labute approximate surface area is 226 Å². The van der Waals surface area contributed by atoms with Crippen LogP contribution in [0, 0.1) is 5.21 Å². The molecular formula is C28H20ClN7O3. The molecule has 1 atom stereocenters. The van der Waals surface area contributed by atoms with Crippen LogP contribution in [0.1, 0.15) is 33.4 Å². The molecule has 0 saturated heterocycles. The van der Waals surface area contributed by atoms with Crippen LogP contribution in [0.5, 0.6) is 0 Å². The molecule has 0 unspecified atom stereocenters. The summed E-state index contributed by atoms with van der Waals surface area (Å²) in [5.74, 6) is -0.896. The second-order valence-corrected chi connectivity index (χ2v) is 9.42. The highest BCUT2D eigenvalue weighted by Gasteiger charge is 2.27. The molecule has 3 aromatic heterocycles. The minimum atomic E-state index is -1.02. The van der Waals surface area contributed by atoms with Gasteiger partial charge in [0.25, 0.3) is 0 Å². The number of aromatic amines is 1. The molecular weight excluding hydrogens is 518 g/mol. The third kappa shape index (κ3) is 4.80. The van der Waals surface area contributed by atoms with Crippen LogP contribution in [0.2, 0.25) is 5.02 Å². The predicted octanol–water partition coefficient (Wildman–Crippen LogP) is 4.57. The number of fused-ring (bicyclic) bond motifs is 1. The fraction of sp³-hybridized carbons (Fsp3) is 0.0714. The van der Waals surface area contributed by atoms with E-state index in [4.69, 9.17) is 16.6 Å². The van der Waals surface area contributed by atoms with Crippen molar-refractivity contribution in [2.75, 3.05) is 0 Å². The summed E-state index contributed by atoms with van der Waals surface area (Å²) in [5, 5.41) is 34.9. The number of H-pyrrole nitrogens is 1. The van der Waals surface area contributed by atoms with E-state index >= 15 is 0 Å². The van der Waals surface area contributed by atoms with Gasteiger partial charge in [0, 0.05) is 22.2 Å². The average Bonchev–Trinajstić information content (AvgIpc) is 3.62. The molecule has 39 heavy (non-hydrogen) atoms. The third-order valence-corrected chi connectivity index (χ3v) is 6.76. The zero-order chi connectivity index (χ0) is 26.9. The number of rotatable bonds is 7. The second-order valence-electron chi connectivity index (χ2n) is 8.99. The van der Waals surface area contributed by atoms with Gasteiger partial charge in [0.2, 0.25) is 5.69 Å². The molecule has 0 spiro atoms. The lowest BCUT2D eigenvalue weighted by Gasteiger charge is -2.16. The maximum absolute atomic E-state index is 13.6. The van der Waals surface area contributed by atoms with Gasteiger partial charge in [-0.1, -0.05) is 41.9 Å². The van der Waals surface area contributed by atoms with E-state index in [1.165, 1.54) is 23.3 Å². The van der Waals surface area contributed by atoms with E-state index in [0.717, 1.165) is 10.3 Å². The van der Waals surface area contributed by atoms with Crippen molar-refractivity contribution in [3.05, 3.63) is 124 Å². The molecule has 6 rings (SSSR count). The van der Waals surface area contributed by atoms with E-state index in [2.05, 4.69) is 20.5 Å². The molecule has 0 saturated carbocycles. The normalized spacial score (nSPS) is 12.0. The summed E-state index contributed by atoms with van der Waals surface area (Å²) in [6.45, 7) is 0. The molecule has 3 heterocycles. The van der Waals surface area contributed by atoms with Crippen LogP contribution in [-0.2, 0) is 6.42 Å². The lowest BCUT2D eigenvalue weighted by atomic mass is 9.94. The number of halogens is 1. The van der Waals surface area contributed by atoms with E-state index in [1.807, 2.05) is 36.4 Å². The van der Waals surface area contributed by atoms with Crippen LogP contribution in [0.25, 0.3) is 27.8 Å². The number of carbonyl (C=O) groups is 1. The Balaban J connectivity index is 1.45. The fourth-order valence-electron chi connectivity index (χ4n) is 4.65. The summed E-state index contributed by atoms with van der Waals surface area (Å²) in [6, 6.07) is 23.4. The Kier molecular flexibility index (Phi) is 6.22. The molecule has 0 fully saturated rings. The van der Waals surface area contributed by atoms with Gasteiger partial charge in [0.15, 0.2) is 6.20 Å². The number of nitrogens with one attached hydrogen (secondary N) is 1. The largest absolute Gasteiger partial charge is 0.618 e. The Morgan fingerprint density at radius 3 is 2.67 bits per heavy atom. The number of carboxylic acid groups (broad SMARTS) is 1. The van der Waals surface area contributed by atoms with E-state index < -0.39 is 11.9 Å². The van der Waals surface area contributed by atoms with Crippen molar-refractivity contribution < 1.29 is 14.6 Å². The van der Waals surface area contributed by atoms with Crippen molar-refractivity contribution in [2.24, 2.45) is 0 Å². The number of imidazole rings is 1. The summed E-state index contributed by atoms with van der Waals surface area (Å²) in [7, 11) is 0. The molecule has 2 N–H and O–H groups in total. The molecule has 0 aliphatic rings. The fourth-order valence-corrected chi connectivity index (χ4v) is 4.82. The lowest BCUT2D eigenvalue weighted by molar-refractivity contribution is -0.614. The highest BCUT2D eigenvalue weighted by Crippen LogP contribution is 2.31. The van der Waals surface area contributed by atoms with E-state index in [0.29, 0.717) is 50.8 Å². The molecule has 0 bridgehead atoms. The van der Waals surface area contributed by atoms with Crippen LogP contribution in [0.4, 0.5) is 0 Å². The minimum absolute atomic E-state index is 0.153. The van der Waals surface area contributed by atoms with Crippen LogP contribution >= 0.6 is 11.6 Å². The highest BCUT2D eigenvalue weighted by atomic mass is 35.5. The second kappa shape index (κ2) is 9.99. The Morgan fingerprint density at radius 1 is 1.08 bits per heavy atom. The number of benzene rings is 3. The zero-order valence-corrected chi connectivity index (χ0v) is 21.0. The number of carboxylic acids is 1. The summed E-state index contributed by atoms with van der Waals surface area (Å²) >= 11 is 6.29. The first-order chi connectivity index (χ1) is 19.0. The SMILES string of the molecule is O=C(O)c1ccc2nc([C@@H](Cc3ccccc3)c3ccc(-c4cc(Cl)ccc4-n4cnnn4)c[n+]3[O-])[nH]c2c1. The molecule has 6 aromatic rings. The maximum Gasteiger partial charge on any atom is 0.335 e. The first-order valence-corrected chi connectivity index (χ1v) is 12.4. The highest BCUT2D eigenvalue weighted by molar-refractivity contribution is 6.31. The van der Waals surface area contributed by atoms with Crippen molar-refractivity contribution in [3.8, 4) is 16.8 Å². The van der Waals surface area contributed by atoms with Gasteiger partial charge < -0.3 is 15.3 Å². The van der Waals surface area contributed by atoms with Gasteiger partial charge in [-0.05, 0) is 64.9 Å². The summed E-state index contributed by atoms with van der Waals surface area (Å²) in [6.07, 6.45) is 3.47. The Bertz CT molecular complexity index is 1800. The topological polar surface area (TPSA) is 137 Å². The Hall–Kier alpha value is -5.09. The van der Waals surface area contributed by atoms with E-state index in [1.54, 1.807) is 36.4 Å². The van der Waals surface area contributed by atoms with Crippen molar-refractivity contribution in [1.29, 1.82) is 0 Å². The lowest BCUT2D eigenvalue weighted by Crippen LogP contribution is -2.34. The first kappa shape index (κ1) is 24.3. The molecule has 0 radical (unpaired) electrons. The standard InChI is InChI=1S/C28H20ClN7O3/c29-20-8-11-25(35-16-30-33-34-35)21(14-20)19-7-10-26(36(39)15-19)22(12-17-4-2-1-3-5-17)27-31-23-9-6-18(28(37)38)13-24(23)32-27/h1-11,13-16,22H,12H2,(H,31,32)(H,37,38)/t22-/m0/s1. The molecule has 3 aromatic carbocycles. The Morgan fingerprint density at radius 2 is 1.92 bits per heavy atom. The van der Waals surface area contributed by atoms with Gasteiger partial charge in [0.1, 0.15) is 18.1 Å². The molecule has 192 valence electrons. The summed E-state index contributed by atoms with van der Waals surface area (Å²) in [5.41, 5.74) is 4.85. The minimum Gasteiger partial charge on any atom is -0.618 e. The molecule has 11 heteroatoms. The zero-order valence-electron chi connectivity index (χ0n) is 20.3. The summed E-state index contributed by atoms with van der Waals surface area (Å²) in [4.78, 5) is 19.4. The number of aromatic nitrogens is 7. The van der Waals surface area contributed by atoms with Crippen LogP contribution in [-0.4, -0.2) is 41.3 Å². The number of nitrogens with zero attached hydrogens (tertiary/aromatic N) is 6. The van der Waals surface area contributed by atoms with Crippen LogP contribution in [0.15, 0.2) is 91.4 Å². The number of aromatic carboxylic acids is 1. The number of pyridine rings is 1. The van der Waals surface area contributed by atoms with Gasteiger partial charge in [-0.2, -0.15) is 9.41 Å². The van der Waals surface area contributed by atoms with Gasteiger partial charge in [-0.15, -0.1) is 5.10 Å². The monoisotopic (exact) mass is 537 g/mol. The number of hydrogen-bond acceptors (Lipinski definition) is 6. The predicted molar refractivity (Wildman–Crippen MR) is 144 cm³/mol. The van der Waals surface area contributed by atoms with Crippen LogP contribution in [0.3, 0.4) is 0 Å². The average molecular weight is 538 g/mol. The molecule has 0 amide bonds. The van der Waals surface area contributed by atoms with Crippen LogP contribution < -0.4 is 4.73 Å². The molecule has 10 nitrogen and oxygen atoms in total. The quantitative estimate of drug-likeness (QED) is 0.225. The molecule has 0 aliphatic carbocycles. The smallest absolute Gasteiger partial charge is 0.335 e. The maximum atomic E-state index is 13.6. The van der Waals surface area contributed by atoms with Gasteiger partial charge >= 0.3 is 5.97 Å². The number of tetrazole rings is 1.